The molecule has 3 N–H and O–H groups in total. The highest BCUT2D eigenvalue weighted by atomic mass is 32.2. The van der Waals surface area contributed by atoms with Crippen molar-refractivity contribution >= 4 is 28.5 Å². The van der Waals surface area contributed by atoms with E-state index in [9.17, 15) is 9.18 Å². The zero-order valence-corrected chi connectivity index (χ0v) is 18.6. The summed E-state index contributed by atoms with van der Waals surface area (Å²) in [6.07, 6.45) is 2.70. The number of thioether (sulfide) groups is 1. The molecule has 1 saturated heterocycles. The van der Waals surface area contributed by atoms with Crippen LogP contribution < -0.4 is 15.8 Å². The number of anilines is 1. The van der Waals surface area contributed by atoms with Crippen LogP contribution in [0.4, 0.5) is 14.5 Å². The second-order valence-corrected chi connectivity index (χ2v) is 8.74. The average molecular weight is 480 g/mol. The van der Waals surface area contributed by atoms with Crippen molar-refractivity contribution in [2.45, 2.75) is 18.1 Å². The molecule has 3 atom stereocenters. The summed E-state index contributed by atoms with van der Waals surface area (Å²) in [6.45, 7) is -0.493. The first-order chi connectivity index (χ1) is 15.9. The molecular weight excluding hydrogens is 456 g/mol. The number of nitrogens with one attached hydrogen (secondary N) is 1. The first-order valence-electron chi connectivity index (χ1n) is 10.1. The second-order valence-electron chi connectivity index (χ2n) is 7.70. The molecule has 0 saturated carbocycles. The van der Waals surface area contributed by atoms with E-state index < -0.39 is 24.1 Å². The van der Waals surface area contributed by atoms with Gasteiger partial charge in [0, 0.05) is 24.1 Å². The van der Waals surface area contributed by atoms with Crippen molar-refractivity contribution in [3.63, 3.8) is 0 Å². The third-order valence-corrected chi connectivity index (χ3v) is 6.53. The van der Waals surface area contributed by atoms with Crippen molar-refractivity contribution in [3.8, 4) is 5.88 Å². The van der Waals surface area contributed by atoms with Gasteiger partial charge in [-0.3, -0.25) is 4.79 Å². The van der Waals surface area contributed by atoms with Gasteiger partial charge in [0.05, 0.1) is 31.7 Å². The molecule has 0 spiro atoms. The number of methoxy groups -OCH3 is 1. The average Bonchev–Trinajstić information content (AvgIpc) is 2.94. The molecule has 2 aliphatic heterocycles. The lowest BCUT2D eigenvalue weighted by Gasteiger charge is -2.41. The summed E-state index contributed by atoms with van der Waals surface area (Å²) in [4.78, 5) is 24.9. The van der Waals surface area contributed by atoms with Crippen molar-refractivity contribution in [3.05, 3.63) is 47.7 Å². The third-order valence-electron chi connectivity index (χ3n) is 5.55. The molecule has 0 aliphatic carbocycles. The highest BCUT2D eigenvalue weighted by Crippen LogP contribution is 2.44. The number of ether oxygens (including phenoxy) is 3. The van der Waals surface area contributed by atoms with Crippen LogP contribution >= 0.6 is 11.8 Å². The molecule has 3 heterocycles. The van der Waals surface area contributed by atoms with Gasteiger partial charge in [-0.25, -0.2) is 23.7 Å². The lowest BCUT2D eigenvalue weighted by molar-refractivity contribution is -0.0899. The molecule has 1 fully saturated rings. The molecule has 12 heteroatoms. The summed E-state index contributed by atoms with van der Waals surface area (Å²) in [5, 5.41) is 3.03. The number of amidine groups is 1. The van der Waals surface area contributed by atoms with Gasteiger partial charge in [0.25, 0.3) is 5.91 Å². The number of aliphatic imine (C=N–C) groups is 1. The van der Waals surface area contributed by atoms with E-state index in [2.05, 4.69) is 25.0 Å². The van der Waals surface area contributed by atoms with Crippen LogP contribution in [-0.2, 0) is 15.0 Å². The Balaban J connectivity index is 1.60. The molecule has 2 aliphatic rings. The summed E-state index contributed by atoms with van der Waals surface area (Å²) >= 11 is 1.41. The molecule has 2 aromatic rings. The van der Waals surface area contributed by atoms with E-state index in [1.807, 2.05) is 0 Å². The van der Waals surface area contributed by atoms with E-state index in [1.54, 1.807) is 7.11 Å². The first-order valence-corrected chi connectivity index (χ1v) is 11.1. The Morgan fingerprint density at radius 1 is 1.39 bits per heavy atom. The zero-order chi connectivity index (χ0) is 23.4. The predicted molar refractivity (Wildman–Crippen MR) is 118 cm³/mol. The van der Waals surface area contributed by atoms with Gasteiger partial charge in [-0.15, -0.1) is 0 Å². The molecule has 0 unspecified atom stereocenters. The number of hydrogen-bond donors (Lipinski definition) is 2. The van der Waals surface area contributed by atoms with Crippen LogP contribution in [0, 0.1) is 11.7 Å². The van der Waals surface area contributed by atoms with E-state index in [-0.39, 0.29) is 35.8 Å². The molecule has 9 nitrogen and oxygen atoms in total. The van der Waals surface area contributed by atoms with Crippen molar-refractivity contribution < 1.29 is 27.8 Å². The molecular formula is C21H23F2N5O4S. The van der Waals surface area contributed by atoms with Gasteiger partial charge in [-0.05, 0) is 30.5 Å². The van der Waals surface area contributed by atoms with Gasteiger partial charge >= 0.3 is 0 Å². The summed E-state index contributed by atoms with van der Waals surface area (Å²) < 4.78 is 43.1. The normalized spacial score (nSPS) is 24.5. The van der Waals surface area contributed by atoms with Gasteiger partial charge < -0.3 is 25.3 Å². The second kappa shape index (κ2) is 9.98. The number of fused-ring (bicyclic) bond motifs is 2. The molecule has 2 bridgehead atoms. The van der Waals surface area contributed by atoms with Crippen molar-refractivity contribution in [2.24, 2.45) is 16.6 Å². The number of halogens is 2. The van der Waals surface area contributed by atoms with E-state index in [0.717, 1.165) is 12.4 Å². The van der Waals surface area contributed by atoms with Gasteiger partial charge in [0.15, 0.2) is 5.17 Å². The van der Waals surface area contributed by atoms with Crippen LogP contribution in [0.15, 0.2) is 35.6 Å². The SMILES string of the molecule is COC[C@H]1OC[C@@]2(c3cc(NC(=O)c4cnc(OCF)cn4)ccc3F)C[C@H]1CSC(N)=N2. The quantitative estimate of drug-likeness (QED) is 0.621. The molecule has 0 radical (unpaired) electrons. The molecule has 4 rings (SSSR count). The largest absolute Gasteiger partial charge is 0.445 e. The minimum Gasteiger partial charge on any atom is -0.445 e. The number of nitrogens with two attached hydrogens (primary N) is 1. The number of amides is 1. The molecule has 1 aromatic heterocycles. The highest BCUT2D eigenvalue weighted by Gasteiger charge is 2.46. The maximum atomic E-state index is 15.0. The number of rotatable bonds is 7. The maximum absolute atomic E-state index is 15.0. The summed E-state index contributed by atoms with van der Waals surface area (Å²) in [6, 6.07) is 4.24. The standard InChI is InChI=1S/C21H23F2N5O4S/c1-30-8-17-12-5-21(10-31-17,28-20(24)33-9-12)14-4-13(2-3-15(14)23)27-19(29)16-6-26-18(7-25-16)32-11-22/h2-4,6-7,12,17H,5,8-11H2,1H3,(H2,24,28)(H,27,29)/t12-,17+,21+/m0/s1. The summed E-state index contributed by atoms with van der Waals surface area (Å²) in [5.41, 5.74) is 5.70. The number of hydrogen-bond acceptors (Lipinski definition) is 9. The van der Waals surface area contributed by atoms with E-state index in [4.69, 9.17) is 15.2 Å². The van der Waals surface area contributed by atoms with E-state index in [0.29, 0.717) is 29.6 Å². The van der Waals surface area contributed by atoms with Gasteiger partial charge in [0.2, 0.25) is 12.7 Å². The number of nitrogens with zero attached hydrogens (tertiary/aromatic N) is 3. The van der Waals surface area contributed by atoms with Gasteiger partial charge in [-0.1, -0.05) is 11.8 Å². The summed E-state index contributed by atoms with van der Waals surface area (Å²) in [5.74, 6) is -0.341. The van der Waals surface area contributed by atoms with Crippen molar-refractivity contribution in [2.75, 3.05) is 38.3 Å². The molecule has 33 heavy (non-hydrogen) atoms. The fourth-order valence-corrected chi connectivity index (χ4v) is 4.96. The smallest absolute Gasteiger partial charge is 0.275 e. The maximum Gasteiger partial charge on any atom is 0.275 e. The monoisotopic (exact) mass is 479 g/mol. The Morgan fingerprint density at radius 2 is 2.24 bits per heavy atom. The number of benzene rings is 1. The van der Waals surface area contributed by atoms with E-state index in [1.165, 1.54) is 30.0 Å². The Morgan fingerprint density at radius 3 is 2.97 bits per heavy atom. The third kappa shape index (κ3) is 5.07. The van der Waals surface area contributed by atoms with Crippen LogP contribution in [-0.4, -0.2) is 60.1 Å². The van der Waals surface area contributed by atoms with Crippen molar-refractivity contribution in [1.29, 1.82) is 0 Å². The zero-order valence-electron chi connectivity index (χ0n) is 17.8. The fraction of sp³-hybridized carbons (Fsp3) is 0.429. The van der Waals surface area contributed by atoms with Crippen LogP contribution in [0.3, 0.4) is 0 Å². The Hall–Kier alpha value is -2.83. The number of aromatic nitrogens is 2. The molecule has 176 valence electrons. The topological polar surface area (TPSA) is 121 Å². The lowest BCUT2D eigenvalue weighted by Crippen LogP contribution is -2.46. The fourth-order valence-electron chi connectivity index (χ4n) is 4.00. The van der Waals surface area contributed by atoms with Crippen LogP contribution in [0.25, 0.3) is 0 Å². The van der Waals surface area contributed by atoms with Crippen LogP contribution in [0.1, 0.15) is 22.5 Å². The van der Waals surface area contributed by atoms with Gasteiger partial charge in [0.1, 0.15) is 17.1 Å². The van der Waals surface area contributed by atoms with Crippen LogP contribution in [0.2, 0.25) is 0 Å². The first kappa shape index (κ1) is 23.3. The Labute approximate surface area is 193 Å². The Bertz CT molecular complexity index is 1040. The van der Waals surface area contributed by atoms with Crippen LogP contribution in [0.5, 0.6) is 5.88 Å². The molecule has 1 aromatic carbocycles. The number of alkyl halides is 1. The predicted octanol–water partition coefficient (Wildman–Crippen LogP) is 2.48. The highest BCUT2D eigenvalue weighted by molar-refractivity contribution is 8.13. The van der Waals surface area contributed by atoms with E-state index >= 15 is 4.39 Å². The minimum atomic E-state index is -1.05. The minimum absolute atomic E-state index is 0.0122. The Kier molecular flexibility index (Phi) is 7.05. The number of carbonyl (C=O) groups excluding carboxylic acids is 1. The molecule has 1 amide bonds. The lowest BCUT2D eigenvalue weighted by atomic mass is 9.78. The van der Waals surface area contributed by atoms with Gasteiger partial charge in [-0.2, -0.15) is 0 Å². The summed E-state index contributed by atoms with van der Waals surface area (Å²) in [7, 11) is 1.61. The number of carbonyl (C=O) groups is 1. The van der Waals surface area contributed by atoms with Crippen molar-refractivity contribution in [1.82, 2.24) is 9.97 Å².